The monoisotopic (exact) mass is 298 g/mol. The van der Waals surface area contributed by atoms with Gasteiger partial charge >= 0.3 is 0 Å². The van der Waals surface area contributed by atoms with Crippen LogP contribution in [0.2, 0.25) is 5.02 Å². The fourth-order valence-corrected chi connectivity index (χ4v) is 2.57. The first-order valence-corrected chi connectivity index (χ1v) is 6.58. The van der Waals surface area contributed by atoms with Gasteiger partial charge in [0, 0.05) is 10.6 Å². The van der Waals surface area contributed by atoms with Crippen LogP contribution in [0.1, 0.15) is 22.1 Å². The average molecular weight is 299 g/mol. The molecule has 0 aliphatic rings. The Hall–Kier alpha value is -1.25. The van der Waals surface area contributed by atoms with Crippen LogP contribution in [0.15, 0.2) is 36.4 Å². The van der Waals surface area contributed by atoms with Crippen LogP contribution in [-0.2, 0) is 0 Å². The molecule has 0 fully saturated rings. The first-order chi connectivity index (χ1) is 9.04. The van der Waals surface area contributed by atoms with Gasteiger partial charge in [-0.1, -0.05) is 35.9 Å². The van der Waals surface area contributed by atoms with E-state index in [4.69, 9.17) is 27.9 Å². The lowest BCUT2D eigenvalue weighted by Gasteiger charge is -2.14. The number of aryl methyl sites for hydroxylation is 1. The van der Waals surface area contributed by atoms with E-state index >= 15 is 0 Å². The molecule has 19 heavy (non-hydrogen) atoms. The van der Waals surface area contributed by atoms with Gasteiger partial charge in [0.25, 0.3) is 0 Å². The number of hydrogen-bond acceptors (Lipinski definition) is 1. The summed E-state index contributed by atoms with van der Waals surface area (Å²) in [4.78, 5) is 0. The molecule has 1 nitrogen and oxygen atoms in total. The molecule has 100 valence electrons. The Labute approximate surface area is 121 Å². The van der Waals surface area contributed by atoms with Gasteiger partial charge in [0.1, 0.15) is 11.6 Å². The van der Waals surface area contributed by atoms with Crippen LogP contribution in [0.5, 0.6) is 5.75 Å². The lowest BCUT2D eigenvalue weighted by Crippen LogP contribution is -2.00. The molecular weight excluding hydrogens is 286 g/mol. The third-order valence-electron chi connectivity index (χ3n) is 2.98. The van der Waals surface area contributed by atoms with Crippen LogP contribution in [-0.4, -0.2) is 7.11 Å². The molecule has 0 aliphatic carbocycles. The second-order valence-electron chi connectivity index (χ2n) is 4.23. The summed E-state index contributed by atoms with van der Waals surface area (Å²) in [6, 6.07) is 10.3. The van der Waals surface area contributed by atoms with Gasteiger partial charge in [-0.15, -0.1) is 11.6 Å². The van der Waals surface area contributed by atoms with Crippen LogP contribution < -0.4 is 4.74 Å². The normalized spacial score (nSPS) is 12.3. The molecule has 1 unspecified atom stereocenters. The van der Waals surface area contributed by atoms with Gasteiger partial charge in [0.05, 0.1) is 12.5 Å². The van der Waals surface area contributed by atoms with E-state index < -0.39 is 5.38 Å². The Morgan fingerprint density at radius 3 is 2.53 bits per heavy atom. The summed E-state index contributed by atoms with van der Waals surface area (Å²) >= 11 is 12.5. The molecule has 0 amide bonds. The molecule has 0 heterocycles. The van der Waals surface area contributed by atoms with Crippen molar-refractivity contribution in [2.24, 2.45) is 0 Å². The molecule has 2 rings (SSSR count). The van der Waals surface area contributed by atoms with E-state index in [1.807, 2.05) is 0 Å². The van der Waals surface area contributed by atoms with Crippen molar-refractivity contribution < 1.29 is 9.13 Å². The predicted molar refractivity (Wildman–Crippen MR) is 76.8 cm³/mol. The maximum Gasteiger partial charge on any atom is 0.131 e. The molecule has 4 heteroatoms. The Morgan fingerprint density at radius 1 is 1.16 bits per heavy atom. The molecule has 0 spiro atoms. The standard InChI is InChI=1S/C15H13Cl2FO/c1-9-4-3-5-12(15(9)18)14(17)11-7-6-10(19-2)8-13(11)16/h3-8,14H,1-2H3. The van der Waals surface area contributed by atoms with Crippen molar-refractivity contribution in [2.45, 2.75) is 12.3 Å². The summed E-state index contributed by atoms with van der Waals surface area (Å²) in [5.41, 5.74) is 1.65. The van der Waals surface area contributed by atoms with E-state index in [1.165, 1.54) is 0 Å². The summed E-state index contributed by atoms with van der Waals surface area (Å²) in [6.07, 6.45) is 0. The molecule has 0 radical (unpaired) electrons. The third-order valence-corrected chi connectivity index (χ3v) is 3.77. The number of methoxy groups -OCH3 is 1. The van der Waals surface area contributed by atoms with Gasteiger partial charge in [-0.05, 0) is 30.2 Å². The molecule has 1 atom stereocenters. The molecule has 0 aromatic heterocycles. The summed E-state index contributed by atoms with van der Waals surface area (Å²) in [6.45, 7) is 1.71. The molecule has 2 aromatic rings. The number of alkyl halides is 1. The van der Waals surface area contributed by atoms with E-state index in [9.17, 15) is 4.39 Å². The van der Waals surface area contributed by atoms with Gasteiger partial charge in [-0.3, -0.25) is 0 Å². The highest BCUT2D eigenvalue weighted by atomic mass is 35.5. The zero-order valence-corrected chi connectivity index (χ0v) is 12.1. The maximum atomic E-state index is 14.1. The Morgan fingerprint density at radius 2 is 1.89 bits per heavy atom. The van der Waals surface area contributed by atoms with E-state index in [-0.39, 0.29) is 5.82 Å². The van der Waals surface area contributed by atoms with Crippen LogP contribution in [0.4, 0.5) is 4.39 Å². The Kier molecular flexibility index (Phi) is 4.33. The highest BCUT2D eigenvalue weighted by Gasteiger charge is 2.19. The number of benzene rings is 2. The second kappa shape index (κ2) is 5.81. The van der Waals surface area contributed by atoms with Crippen molar-refractivity contribution in [3.63, 3.8) is 0 Å². The largest absolute Gasteiger partial charge is 0.497 e. The van der Waals surface area contributed by atoms with Crippen LogP contribution >= 0.6 is 23.2 Å². The quantitative estimate of drug-likeness (QED) is 0.714. The van der Waals surface area contributed by atoms with Crippen LogP contribution in [0, 0.1) is 12.7 Å². The minimum Gasteiger partial charge on any atom is -0.497 e. The summed E-state index contributed by atoms with van der Waals surface area (Å²) in [5, 5.41) is -0.168. The summed E-state index contributed by atoms with van der Waals surface area (Å²) < 4.78 is 19.1. The van der Waals surface area contributed by atoms with Gasteiger partial charge < -0.3 is 4.74 Å². The van der Waals surface area contributed by atoms with Gasteiger partial charge in [-0.2, -0.15) is 0 Å². The number of rotatable bonds is 3. The van der Waals surface area contributed by atoms with E-state index in [0.29, 0.717) is 27.5 Å². The van der Waals surface area contributed by atoms with E-state index in [2.05, 4.69) is 0 Å². The Bertz CT molecular complexity index is 599. The van der Waals surface area contributed by atoms with Crippen molar-refractivity contribution >= 4 is 23.2 Å². The van der Waals surface area contributed by atoms with Crippen LogP contribution in [0.25, 0.3) is 0 Å². The third kappa shape index (κ3) is 2.85. The molecule has 0 saturated heterocycles. The Balaban J connectivity index is 2.44. The van der Waals surface area contributed by atoms with E-state index in [1.54, 1.807) is 50.4 Å². The highest BCUT2D eigenvalue weighted by molar-refractivity contribution is 6.33. The van der Waals surface area contributed by atoms with Gasteiger partial charge in [0.2, 0.25) is 0 Å². The fraction of sp³-hybridized carbons (Fsp3) is 0.200. The predicted octanol–water partition coefficient (Wildman–Crippen LogP) is 5.12. The minimum atomic E-state index is -0.627. The summed E-state index contributed by atoms with van der Waals surface area (Å²) in [5.74, 6) is 0.344. The number of hydrogen-bond donors (Lipinski definition) is 0. The molecule has 2 aromatic carbocycles. The van der Waals surface area contributed by atoms with E-state index in [0.717, 1.165) is 0 Å². The molecule has 0 bridgehead atoms. The highest BCUT2D eigenvalue weighted by Crippen LogP contribution is 2.36. The second-order valence-corrected chi connectivity index (χ2v) is 5.07. The van der Waals surface area contributed by atoms with Crippen molar-refractivity contribution in [3.05, 3.63) is 63.9 Å². The fourth-order valence-electron chi connectivity index (χ4n) is 1.87. The number of halogens is 3. The number of ether oxygens (including phenoxy) is 1. The SMILES string of the molecule is COc1ccc(C(Cl)c2cccc(C)c2F)c(Cl)c1. The smallest absolute Gasteiger partial charge is 0.131 e. The lowest BCUT2D eigenvalue weighted by atomic mass is 10.0. The molecule has 0 N–H and O–H groups in total. The molecular formula is C15H13Cl2FO. The van der Waals surface area contributed by atoms with Gasteiger partial charge in [-0.25, -0.2) is 4.39 Å². The molecule has 0 saturated carbocycles. The van der Waals surface area contributed by atoms with Crippen molar-refractivity contribution in [1.29, 1.82) is 0 Å². The van der Waals surface area contributed by atoms with Crippen molar-refractivity contribution in [3.8, 4) is 5.75 Å². The van der Waals surface area contributed by atoms with Crippen molar-refractivity contribution in [1.82, 2.24) is 0 Å². The topological polar surface area (TPSA) is 9.23 Å². The molecule has 0 aliphatic heterocycles. The average Bonchev–Trinajstić information content (AvgIpc) is 2.41. The first kappa shape index (κ1) is 14.2. The van der Waals surface area contributed by atoms with Crippen molar-refractivity contribution in [2.75, 3.05) is 7.11 Å². The van der Waals surface area contributed by atoms with Crippen LogP contribution in [0.3, 0.4) is 0 Å². The zero-order chi connectivity index (χ0) is 14.0. The first-order valence-electron chi connectivity index (χ1n) is 5.77. The zero-order valence-electron chi connectivity index (χ0n) is 10.6. The van der Waals surface area contributed by atoms with Gasteiger partial charge in [0.15, 0.2) is 0 Å². The summed E-state index contributed by atoms with van der Waals surface area (Å²) in [7, 11) is 1.56. The maximum absolute atomic E-state index is 14.1. The minimum absolute atomic E-state index is 0.297. The lowest BCUT2D eigenvalue weighted by molar-refractivity contribution is 0.414.